The fourth-order valence-corrected chi connectivity index (χ4v) is 2.34. The van der Waals surface area contributed by atoms with E-state index in [0.717, 1.165) is 18.2 Å². The molecule has 4 N–H and O–H groups in total. The number of ether oxygens (including phenoxy) is 1. The lowest BCUT2D eigenvalue weighted by atomic mass is 10.0. The topological polar surface area (TPSA) is 103 Å². The molecule has 5 atom stereocenters. The van der Waals surface area contributed by atoms with Crippen LogP contribution in [0.4, 0.5) is 0 Å². The minimum Gasteiger partial charge on any atom is -0.394 e. The van der Waals surface area contributed by atoms with E-state index in [1.165, 1.54) is 5.55 Å². The predicted molar refractivity (Wildman–Crippen MR) is 69.5 cm³/mol. The molecule has 1 fully saturated rings. The molecule has 0 bridgehead atoms. The van der Waals surface area contributed by atoms with Crippen LogP contribution in [0.1, 0.15) is 6.42 Å². The Kier molecular flexibility index (Phi) is 6.83. The van der Waals surface area contributed by atoms with Crippen molar-refractivity contribution in [3.8, 4) is 0 Å². The summed E-state index contributed by atoms with van der Waals surface area (Å²) in [4.78, 5) is 4.05. The van der Waals surface area contributed by atoms with Gasteiger partial charge in [-0.3, -0.25) is 4.99 Å². The first-order chi connectivity index (χ1) is 8.61. The van der Waals surface area contributed by atoms with Crippen molar-refractivity contribution in [2.75, 3.05) is 13.2 Å². The summed E-state index contributed by atoms with van der Waals surface area (Å²) in [6.45, 7) is 3.74. The highest BCUT2D eigenvalue weighted by Gasteiger charge is 2.43. The quantitative estimate of drug-likeness (QED) is 0.218. The average molecular weight is 277 g/mol. The van der Waals surface area contributed by atoms with Crippen molar-refractivity contribution in [1.29, 1.82) is 0 Å². The van der Waals surface area contributed by atoms with Crippen molar-refractivity contribution in [3.05, 3.63) is 12.7 Å². The van der Waals surface area contributed by atoms with E-state index in [1.807, 2.05) is 0 Å². The van der Waals surface area contributed by atoms with E-state index < -0.39 is 36.5 Å². The van der Waals surface area contributed by atoms with Crippen LogP contribution in [-0.4, -0.2) is 69.0 Å². The number of nitrogens with zero attached hydrogens (tertiary/aromatic N) is 1. The molecule has 18 heavy (non-hydrogen) atoms. The molecular weight excluding hydrogens is 258 g/mol. The van der Waals surface area contributed by atoms with Crippen molar-refractivity contribution < 1.29 is 25.2 Å². The smallest absolute Gasteiger partial charge is 0.137 e. The maximum Gasteiger partial charge on any atom is 0.137 e. The highest BCUT2D eigenvalue weighted by Crippen LogP contribution is 2.27. The Balaban J connectivity index is 2.48. The Bertz CT molecular complexity index is 287. The third kappa shape index (κ3) is 4.04. The summed E-state index contributed by atoms with van der Waals surface area (Å²) < 4.78 is 5.28. The third-order valence-electron chi connectivity index (χ3n) is 2.58. The molecule has 1 rings (SSSR count). The lowest BCUT2D eigenvalue weighted by Crippen LogP contribution is -2.57. The normalized spacial score (nSPS) is 37.0. The molecular formula is C11H19NO5S. The van der Waals surface area contributed by atoms with Crippen LogP contribution in [0.15, 0.2) is 17.6 Å². The standard InChI is InChI=1S/C11H19NO5S/c1-2-3-4-12-6-18-11-10(16)9(15)8(14)7(5-13)17-11/h2,6-11,13-16H,1,3-5H2/t7-,8-,9+,10-,11-/m1/s1. The molecule has 0 aliphatic carbocycles. The number of hydrogen-bond acceptors (Lipinski definition) is 7. The maximum absolute atomic E-state index is 9.71. The molecule has 1 aliphatic heterocycles. The van der Waals surface area contributed by atoms with E-state index >= 15 is 0 Å². The van der Waals surface area contributed by atoms with Gasteiger partial charge in [-0.1, -0.05) is 17.8 Å². The van der Waals surface area contributed by atoms with E-state index in [-0.39, 0.29) is 0 Å². The van der Waals surface area contributed by atoms with Crippen LogP contribution in [0.3, 0.4) is 0 Å². The van der Waals surface area contributed by atoms with Gasteiger partial charge in [0.05, 0.1) is 12.2 Å². The Labute approximate surface area is 110 Å². The van der Waals surface area contributed by atoms with Crippen LogP contribution in [0.2, 0.25) is 0 Å². The maximum atomic E-state index is 9.71. The van der Waals surface area contributed by atoms with Gasteiger partial charge in [0.25, 0.3) is 0 Å². The van der Waals surface area contributed by atoms with Gasteiger partial charge >= 0.3 is 0 Å². The van der Waals surface area contributed by atoms with E-state index in [1.54, 1.807) is 6.08 Å². The summed E-state index contributed by atoms with van der Waals surface area (Å²) in [5.74, 6) is 0. The molecule has 104 valence electrons. The van der Waals surface area contributed by atoms with Crippen LogP contribution in [-0.2, 0) is 4.74 Å². The minimum absolute atomic E-state index is 0.421. The fourth-order valence-electron chi connectivity index (χ4n) is 1.50. The summed E-state index contributed by atoms with van der Waals surface area (Å²) in [6, 6.07) is 0. The predicted octanol–water partition coefficient (Wildman–Crippen LogP) is -0.876. The number of aliphatic hydroxyl groups is 4. The summed E-state index contributed by atoms with van der Waals surface area (Å²) in [7, 11) is 0. The largest absolute Gasteiger partial charge is 0.394 e. The van der Waals surface area contributed by atoms with Gasteiger partial charge in [0.1, 0.15) is 29.9 Å². The van der Waals surface area contributed by atoms with E-state index in [2.05, 4.69) is 11.6 Å². The van der Waals surface area contributed by atoms with E-state index in [9.17, 15) is 15.3 Å². The number of aliphatic hydroxyl groups excluding tert-OH is 4. The van der Waals surface area contributed by atoms with Crippen molar-refractivity contribution in [3.63, 3.8) is 0 Å². The van der Waals surface area contributed by atoms with Gasteiger partial charge in [0.15, 0.2) is 0 Å². The Morgan fingerprint density at radius 2 is 1.94 bits per heavy atom. The van der Waals surface area contributed by atoms with Crippen molar-refractivity contribution in [1.82, 2.24) is 0 Å². The highest BCUT2D eigenvalue weighted by atomic mass is 32.2. The Morgan fingerprint density at radius 1 is 1.22 bits per heavy atom. The molecule has 6 nitrogen and oxygen atoms in total. The lowest BCUT2D eigenvalue weighted by molar-refractivity contribution is -0.205. The fraction of sp³-hybridized carbons (Fsp3) is 0.727. The minimum atomic E-state index is -1.34. The summed E-state index contributed by atoms with van der Waals surface area (Å²) in [6.07, 6.45) is -2.25. The van der Waals surface area contributed by atoms with Gasteiger partial charge in [-0.05, 0) is 6.42 Å². The van der Waals surface area contributed by atoms with Crippen LogP contribution in [0, 0.1) is 0 Å². The lowest BCUT2D eigenvalue weighted by Gasteiger charge is -2.39. The monoisotopic (exact) mass is 277 g/mol. The number of hydrogen-bond donors (Lipinski definition) is 4. The van der Waals surface area contributed by atoms with Crippen molar-refractivity contribution in [2.24, 2.45) is 4.99 Å². The van der Waals surface area contributed by atoms with Crippen LogP contribution < -0.4 is 0 Å². The number of rotatable bonds is 6. The Hall–Kier alpha value is -0.440. The molecule has 1 aliphatic rings. The number of aliphatic imine (C=N–C) groups is 1. The van der Waals surface area contributed by atoms with Crippen LogP contribution >= 0.6 is 11.8 Å². The zero-order chi connectivity index (χ0) is 13.5. The highest BCUT2D eigenvalue weighted by molar-refractivity contribution is 8.12. The molecule has 0 aromatic carbocycles. The summed E-state index contributed by atoms with van der Waals surface area (Å²) in [5, 5.41) is 37.8. The molecule has 1 saturated heterocycles. The zero-order valence-corrected chi connectivity index (χ0v) is 10.7. The van der Waals surface area contributed by atoms with Crippen molar-refractivity contribution >= 4 is 17.3 Å². The van der Waals surface area contributed by atoms with Gasteiger partial charge in [-0.15, -0.1) is 6.58 Å². The first-order valence-electron chi connectivity index (χ1n) is 5.67. The average Bonchev–Trinajstić information content (AvgIpc) is 2.38. The van der Waals surface area contributed by atoms with E-state index in [0.29, 0.717) is 6.54 Å². The molecule has 0 radical (unpaired) electrons. The van der Waals surface area contributed by atoms with Gasteiger partial charge in [-0.2, -0.15) is 0 Å². The van der Waals surface area contributed by atoms with Gasteiger partial charge < -0.3 is 25.2 Å². The molecule has 0 unspecified atom stereocenters. The SMILES string of the molecule is C=CCCN=CS[C@H]1O[C@H](CO)[C@@H](O)[C@H](O)[C@H]1O. The van der Waals surface area contributed by atoms with Crippen LogP contribution in [0.5, 0.6) is 0 Å². The van der Waals surface area contributed by atoms with E-state index in [4.69, 9.17) is 9.84 Å². The molecule has 1 heterocycles. The first kappa shape index (κ1) is 15.6. The molecule has 0 spiro atoms. The third-order valence-corrected chi connectivity index (χ3v) is 3.51. The molecule has 0 aromatic heterocycles. The van der Waals surface area contributed by atoms with Gasteiger partial charge in [-0.25, -0.2) is 0 Å². The molecule has 0 saturated carbocycles. The second kappa shape index (κ2) is 7.88. The molecule has 0 amide bonds. The van der Waals surface area contributed by atoms with Crippen molar-refractivity contribution in [2.45, 2.75) is 36.3 Å². The second-order valence-electron chi connectivity index (χ2n) is 3.92. The summed E-state index contributed by atoms with van der Waals surface area (Å²) >= 11 is 1.10. The van der Waals surface area contributed by atoms with Crippen LogP contribution in [0.25, 0.3) is 0 Å². The Morgan fingerprint density at radius 3 is 2.56 bits per heavy atom. The second-order valence-corrected chi connectivity index (χ2v) is 4.87. The molecule has 0 aromatic rings. The van der Waals surface area contributed by atoms with Gasteiger partial charge in [0.2, 0.25) is 0 Å². The first-order valence-corrected chi connectivity index (χ1v) is 6.61. The number of thioether (sulfide) groups is 1. The molecule has 7 heteroatoms. The zero-order valence-electron chi connectivity index (χ0n) is 9.92. The summed E-state index contributed by atoms with van der Waals surface area (Å²) in [5.41, 5.74) is 0.768. The van der Waals surface area contributed by atoms with Gasteiger partial charge in [0, 0.05) is 6.54 Å².